The monoisotopic (exact) mass is 1750 g/mol. The summed E-state index contributed by atoms with van der Waals surface area (Å²) >= 11 is 0. The van der Waals surface area contributed by atoms with E-state index in [-0.39, 0.29) is 56.3 Å². The number of aromatic amines is 6. The first kappa shape index (κ1) is 84.9. The van der Waals surface area contributed by atoms with Crippen molar-refractivity contribution in [3.05, 3.63) is 445 Å². The van der Waals surface area contributed by atoms with Gasteiger partial charge in [-0.3, -0.25) is 0 Å². The summed E-state index contributed by atoms with van der Waals surface area (Å²) in [5, 5.41) is 15.3. The first-order valence-corrected chi connectivity index (χ1v) is 40.3. The third kappa shape index (κ3) is 19.6. The van der Waals surface area contributed by atoms with Crippen LogP contribution in [0.4, 0.5) is 22.7 Å². The zero-order valence-electron chi connectivity index (χ0n) is 68.8. The lowest BCUT2D eigenvalue weighted by Gasteiger charge is -1.97. The van der Waals surface area contributed by atoms with E-state index in [0.717, 1.165) is 119 Å². The van der Waals surface area contributed by atoms with Gasteiger partial charge in [-0.05, 0) is 200 Å². The minimum absolute atomic E-state index is 0.313. The maximum atomic E-state index is 11.1. The maximum Gasteiger partial charge on any atom is 0.336 e. The summed E-state index contributed by atoms with van der Waals surface area (Å²) < 4.78 is 50.2. The van der Waals surface area contributed by atoms with E-state index in [1.807, 2.05) is 159 Å². The molecule has 16 aromatic heterocycles. The Bertz CT molecular complexity index is 9040. The number of rotatable bonds is 0. The first-order chi connectivity index (χ1) is 64.1. The summed E-state index contributed by atoms with van der Waals surface area (Å²) in [4.78, 5) is 128. The molecule has 648 valence electrons. The normalized spacial score (nSPS) is 10.8. The van der Waals surface area contributed by atoms with Crippen molar-refractivity contribution in [1.82, 2.24) is 29.9 Å². The molecule has 30 nitrogen and oxygen atoms in total. The van der Waals surface area contributed by atoms with Crippen molar-refractivity contribution in [3.63, 3.8) is 0 Å². The fraction of sp³-hybridized carbons (Fsp3) is 0. The molecule has 14 N–H and O–H groups in total. The van der Waals surface area contributed by atoms with Gasteiger partial charge < -0.3 is 97.0 Å². The Hall–Kier alpha value is -19.3. The van der Waals surface area contributed by atoms with Crippen molar-refractivity contribution in [2.24, 2.45) is 0 Å². The molecule has 0 radical (unpaired) electrons. The largest absolute Gasteiger partial charge is 0.423 e. The number of H-pyrrole nitrogens is 6. The Balaban J connectivity index is 0.000000103. The number of benzene rings is 10. The number of nitrogens with one attached hydrogen (secondary N) is 6. The van der Waals surface area contributed by atoms with E-state index in [1.165, 1.54) is 60.7 Å². The highest BCUT2D eigenvalue weighted by Gasteiger charge is 2.11. The summed E-state index contributed by atoms with van der Waals surface area (Å²) in [7, 11) is 0. The second-order valence-electron chi connectivity index (χ2n) is 29.3. The molecule has 0 aliphatic carbocycles. The lowest BCUT2D eigenvalue weighted by atomic mass is 10.1. The molecule has 0 spiro atoms. The molecule has 26 rings (SSSR count). The molecule has 132 heavy (non-hydrogen) atoms. The van der Waals surface area contributed by atoms with Gasteiger partial charge in [0.2, 0.25) is 0 Å². The van der Waals surface area contributed by atoms with Gasteiger partial charge in [-0.15, -0.1) is 0 Å². The lowest BCUT2D eigenvalue weighted by Crippen LogP contribution is -1.96. The van der Waals surface area contributed by atoms with Crippen molar-refractivity contribution in [1.29, 1.82) is 0 Å². The second kappa shape index (κ2) is 37.7. The molecule has 0 saturated heterocycles. The number of fused-ring (bicyclic) bond motifs is 20. The second-order valence-corrected chi connectivity index (χ2v) is 29.3. The summed E-state index contributed by atoms with van der Waals surface area (Å²) in [6.07, 6.45) is 11.1. The highest BCUT2D eigenvalue weighted by molar-refractivity contribution is 6.06. The highest BCUT2D eigenvalue weighted by Crippen LogP contribution is 2.29. The molecule has 0 bridgehead atoms. The van der Waals surface area contributed by atoms with Gasteiger partial charge in [-0.2, -0.15) is 0 Å². The van der Waals surface area contributed by atoms with Crippen LogP contribution in [-0.2, 0) is 0 Å². The van der Waals surface area contributed by atoms with Crippen molar-refractivity contribution >= 4 is 198 Å². The molecule has 26 aromatic rings. The van der Waals surface area contributed by atoms with E-state index in [0.29, 0.717) is 78.6 Å². The molecular weight excluding hydrogens is 1690 g/mol. The molecule has 0 amide bonds. The van der Waals surface area contributed by atoms with Crippen LogP contribution in [0.1, 0.15) is 0 Å². The SMILES string of the molecule is Nc1ccc2ccc(=O)oc2c1.Nc1ccc2oc(=O)ccc2c1.Nc1cccc2ccc(=O)oc12.Nc1cccc2oc(=O)ccc12.O=c1ccc2c(ccc3[nH]ccc32)o1.O=c1ccc2c(ccc3cc[nH]c32)o1.O=c1ccc2cc3[nH]ccc3cc2o1.O=c1ccc2cc3cc[nH]c3cc2o1.O=c1ccc2ccc3[nH]ccc3c2o1.O=c1ccc2ccc3cc[nH]c3c2o1. The number of aromatic nitrogens is 6. The van der Waals surface area contributed by atoms with Gasteiger partial charge in [-0.1, -0.05) is 30.3 Å². The van der Waals surface area contributed by atoms with E-state index < -0.39 is 0 Å². The molecule has 16 heterocycles. The molecule has 0 aliphatic heterocycles. The summed E-state index contributed by atoms with van der Waals surface area (Å²) in [6, 6.07) is 87.1. The average molecular weight is 1760 g/mol. The topological polar surface area (TPSA) is 501 Å². The number of hydrogen-bond donors (Lipinski definition) is 10. The Kier molecular flexibility index (Phi) is 24.2. The van der Waals surface area contributed by atoms with Crippen LogP contribution in [0.15, 0.2) is 433 Å². The standard InChI is InChI=1S/6C11H7NO2.4C9H7NO2/c13-11-4-1-8-7-5-6-12-9(7)2-3-10(8)14-11;13-10-4-2-8-9(14-10)3-1-7-5-6-12-11(7)8;13-10-4-2-7-1-3-9-8(5-6-12-9)11(7)14-10;13-11-2-1-8-5-9-7(3-4-12-9)6-10(8)14-11;13-11-2-1-8-5-7-3-4-12-9(7)6-10(8)14-11;13-9-4-3-8-2-1-7-5-6-12-10(7)11(8)14-9;10-7-2-3-8-6(5-7)1-4-9(11)12-8;10-7-3-1-6-2-4-9(11)12-8(6)5-7;10-7-2-1-3-8-6(7)4-5-9(11)12-8;10-7-3-1-2-6-4-5-8(11)12-9(6)7/h6*1-6,12H;4*1-5H,10H2. The van der Waals surface area contributed by atoms with Crippen LogP contribution in [0, 0.1) is 0 Å². The van der Waals surface area contributed by atoms with E-state index in [2.05, 4.69) is 29.9 Å². The van der Waals surface area contributed by atoms with Crippen LogP contribution in [0.25, 0.3) is 175 Å². The fourth-order valence-electron chi connectivity index (χ4n) is 14.3. The Morgan fingerprint density at radius 1 is 0.174 bits per heavy atom. The van der Waals surface area contributed by atoms with E-state index in [9.17, 15) is 47.9 Å². The van der Waals surface area contributed by atoms with E-state index in [4.69, 9.17) is 67.1 Å². The zero-order valence-corrected chi connectivity index (χ0v) is 68.8. The summed E-state index contributed by atoms with van der Waals surface area (Å²) in [5.74, 6) is 0. The number of anilines is 4. The van der Waals surface area contributed by atoms with Crippen molar-refractivity contribution in [2.75, 3.05) is 22.9 Å². The van der Waals surface area contributed by atoms with Gasteiger partial charge in [-0.25, -0.2) is 47.9 Å². The van der Waals surface area contributed by atoms with Gasteiger partial charge in [0.05, 0.1) is 16.7 Å². The van der Waals surface area contributed by atoms with Crippen LogP contribution in [0.3, 0.4) is 0 Å². The zero-order chi connectivity index (χ0) is 91.5. The first-order valence-electron chi connectivity index (χ1n) is 40.3. The van der Waals surface area contributed by atoms with Crippen LogP contribution in [0.5, 0.6) is 0 Å². The maximum absolute atomic E-state index is 11.1. The van der Waals surface area contributed by atoms with Gasteiger partial charge >= 0.3 is 56.3 Å². The van der Waals surface area contributed by atoms with Crippen LogP contribution in [0.2, 0.25) is 0 Å². The number of nitrogen functional groups attached to an aromatic ring is 4. The van der Waals surface area contributed by atoms with Crippen LogP contribution in [-0.4, -0.2) is 29.9 Å². The third-order valence-corrected chi connectivity index (χ3v) is 20.5. The molecule has 0 aliphatic rings. The van der Waals surface area contributed by atoms with Gasteiger partial charge in [0.15, 0.2) is 11.2 Å². The summed E-state index contributed by atoms with van der Waals surface area (Å²) in [5.41, 5.74) is 33.1. The molecule has 30 heteroatoms. The molecule has 0 unspecified atom stereocenters. The van der Waals surface area contributed by atoms with Gasteiger partial charge in [0.25, 0.3) is 0 Å². The summed E-state index contributed by atoms with van der Waals surface area (Å²) in [6.45, 7) is 0. The van der Waals surface area contributed by atoms with Crippen LogP contribution < -0.4 is 79.2 Å². The van der Waals surface area contributed by atoms with Gasteiger partial charge in [0.1, 0.15) is 44.7 Å². The third-order valence-electron chi connectivity index (χ3n) is 20.5. The van der Waals surface area contributed by atoms with E-state index >= 15 is 0 Å². The Morgan fingerprint density at radius 3 is 1.19 bits per heavy atom. The van der Waals surface area contributed by atoms with Crippen molar-refractivity contribution in [3.8, 4) is 0 Å². The predicted octanol–water partition coefficient (Wildman–Crippen LogP) is 19.1. The smallest absolute Gasteiger partial charge is 0.336 e. The Morgan fingerprint density at radius 2 is 0.530 bits per heavy atom. The van der Waals surface area contributed by atoms with Crippen molar-refractivity contribution in [2.45, 2.75) is 0 Å². The number of nitrogens with two attached hydrogens (primary N) is 4. The quantitative estimate of drug-likeness (QED) is 0.0498. The minimum Gasteiger partial charge on any atom is -0.423 e. The molecular formula is C102H70N10O20. The minimum atomic E-state index is -0.375. The van der Waals surface area contributed by atoms with Gasteiger partial charge in [0, 0.05) is 235 Å². The molecule has 0 fully saturated rings. The average Bonchev–Trinajstić information content (AvgIpc) is 1.58. The highest BCUT2D eigenvalue weighted by atomic mass is 16.4. The molecule has 0 saturated carbocycles. The number of para-hydroxylation sites is 1. The van der Waals surface area contributed by atoms with E-state index in [1.54, 1.807) is 121 Å². The van der Waals surface area contributed by atoms with Crippen LogP contribution >= 0.6 is 0 Å². The Labute approximate surface area is 735 Å². The molecule has 0 atom stereocenters. The lowest BCUT2D eigenvalue weighted by molar-refractivity contribution is 0.561. The number of hydrogen-bond acceptors (Lipinski definition) is 24. The van der Waals surface area contributed by atoms with Crippen molar-refractivity contribution < 1.29 is 44.2 Å². The fourth-order valence-corrected chi connectivity index (χ4v) is 14.3. The molecule has 10 aromatic carbocycles. The predicted molar refractivity (Wildman–Crippen MR) is 514 cm³/mol.